The van der Waals surface area contributed by atoms with Crippen LogP contribution in [0.4, 0.5) is 18.9 Å². The molecule has 26 heavy (non-hydrogen) atoms. The number of piperidine rings is 1. The van der Waals surface area contributed by atoms with E-state index in [2.05, 4.69) is 5.32 Å². The fraction of sp³-hybridized carbons (Fsp3) is 0.588. The van der Waals surface area contributed by atoms with Crippen LogP contribution in [-0.2, 0) is 21.0 Å². The number of halogens is 3. The zero-order chi connectivity index (χ0) is 19.2. The number of rotatable bonds is 7. The predicted octanol–water partition coefficient (Wildman–Crippen LogP) is 3.63. The number of carbonyl (C=O) groups is 1. The molecule has 0 unspecified atom stereocenters. The van der Waals surface area contributed by atoms with E-state index in [1.165, 1.54) is 16.4 Å². The molecular formula is C17H23F3N2O3S. The molecule has 1 amide bonds. The molecule has 0 atom stereocenters. The van der Waals surface area contributed by atoms with Gasteiger partial charge in [-0.3, -0.25) is 4.79 Å². The van der Waals surface area contributed by atoms with Gasteiger partial charge >= 0.3 is 6.18 Å². The SMILES string of the molecule is O=C(CCCCS(=O)(=O)N1CCCCC1)Nc1ccc(C(F)(F)F)cc1. The predicted molar refractivity (Wildman–Crippen MR) is 93.1 cm³/mol. The summed E-state index contributed by atoms with van der Waals surface area (Å²) in [6.07, 6.45) is -0.697. The molecule has 1 heterocycles. The van der Waals surface area contributed by atoms with Gasteiger partial charge < -0.3 is 5.32 Å². The Morgan fingerprint density at radius 3 is 2.23 bits per heavy atom. The lowest BCUT2D eigenvalue weighted by atomic mass is 10.2. The van der Waals surface area contributed by atoms with E-state index in [1.54, 1.807) is 0 Å². The number of amides is 1. The Labute approximate surface area is 151 Å². The third-order valence-electron chi connectivity index (χ3n) is 4.26. The standard InChI is InChI=1S/C17H23F3N2O3S/c18-17(19,20)14-7-9-15(10-8-14)21-16(23)6-2-5-13-26(24,25)22-11-3-1-4-12-22/h7-10H,1-6,11-13H2,(H,21,23). The topological polar surface area (TPSA) is 66.5 Å². The summed E-state index contributed by atoms with van der Waals surface area (Å²) in [5.41, 5.74) is -0.498. The zero-order valence-corrected chi connectivity index (χ0v) is 15.2. The van der Waals surface area contributed by atoms with Crippen molar-refractivity contribution < 1.29 is 26.4 Å². The summed E-state index contributed by atoms with van der Waals surface area (Å²) in [6.45, 7) is 1.13. The van der Waals surface area contributed by atoms with E-state index in [4.69, 9.17) is 0 Å². The number of anilines is 1. The minimum atomic E-state index is -4.41. The monoisotopic (exact) mass is 392 g/mol. The summed E-state index contributed by atoms with van der Waals surface area (Å²) < 4.78 is 63.3. The summed E-state index contributed by atoms with van der Waals surface area (Å²) in [4.78, 5) is 11.8. The first-order chi connectivity index (χ1) is 12.2. The Morgan fingerprint density at radius 1 is 1.04 bits per heavy atom. The number of sulfonamides is 1. The van der Waals surface area contributed by atoms with Gasteiger partial charge in [-0.05, 0) is 49.9 Å². The van der Waals surface area contributed by atoms with Crippen LogP contribution in [0, 0.1) is 0 Å². The first-order valence-electron chi connectivity index (χ1n) is 8.63. The molecule has 0 saturated carbocycles. The van der Waals surface area contributed by atoms with Crippen molar-refractivity contribution in [2.45, 2.75) is 44.7 Å². The van der Waals surface area contributed by atoms with Gasteiger partial charge in [0.25, 0.3) is 0 Å². The Hall–Kier alpha value is -1.61. The maximum absolute atomic E-state index is 12.5. The average molecular weight is 392 g/mol. The van der Waals surface area contributed by atoms with E-state index < -0.39 is 21.8 Å². The molecule has 0 aromatic heterocycles. The molecule has 0 bridgehead atoms. The van der Waals surface area contributed by atoms with Gasteiger partial charge in [0.15, 0.2) is 0 Å². The van der Waals surface area contributed by atoms with Crippen molar-refractivity contribution in [2.75, 3.05) is 24.2 Å². The highest BCUT2D eigenvalue weighted by atomic mass is 32.2. The molecule has 2 rings (SSSR count). The third-order valence-corrected chi connectivity index (χ3v) is 6.22. The lowest BCUT2D eigenvalue weighted by Gasteiger charge is -2.25. The summed E-state index contributed by atoms with van der Waals surface area (Å²) in [6, 6.07) is 4.20. The molecule has 1 saturated heterocycles. The quantitative estimate of drug-likeness (QED) is 0.721. The van der Waals surface area contributed by atoms with Crippen LogP contribution < -0.4 is 5.32 Å². The number of hydrogen-bond acceptors (Lipinski definition) is 3. The zero-order valence-electron chi connectivity index (χ0n) is 14.4. The maximum Gasteiger partial charge on any atom is 0.416 e. The minimum absolute atomic E-state index is 0.0144. The molecule has 1 aromatic rings. The number of nitrogens with one attached hydrogen (secondary N) is 1. The molecule has 0 radical (unpaired) electrons. The molecule has 1 fully saturated rings. The first kappa shape index (κ1) is 20.7. The normalized spacial score (nSPS) is 16.4. The van der Waals surface area contributed by atoms with E-state index in [0.717, 1.165) is 31.4 Å². The molecule has 1 aliphatic heterocycles. The summed E-state index contributed by atoms with van der Waals surface area (Å²) in [5, 5.41) is 2.52. The second-order valence-corrected chi connectivity index (χ2v) is 8.44. The van der Waals surface area contributed by atoms with Gasteiger partial charge in [0.2, 0.25) is 15.9 Å². The molecule has 5 nitrogen and oxygen atoms in total. The number of hydrogen-bond donors (Lipinski definition) is 1. The third kappa shape index (κ3) is 6.28. The Kier molecular flexibility index (Phi) is 7.05. The van der Waals surface area contributed by atoms with Crippen molar-refractivity contribution in [1.29, 1.82) is 0 Å². The van der Waals surface area contributed by atoms with E-state index in [1.807, 2.05) is 0 Å². The first-order valence-corrected chi connectivity index (χ1v) is 10.2. The lowest BCUT2D eigenvalue weighted by molar-refractivity contribution is -0.137. The van der Waals surface area contributed by atoms with Crippen LogP contribution in [0.3, 0.4) is 0 Å². The van der Waals surface area contributed by atoms with Gasteiger partial charge in [-0.15, -0.1) is 0 Å². The minimum Gasteiger partial charge on any atom is -0.326 e. The van der Waals surface area contributed by atoms with E-state index in [9.17, 15) is 26.4 Å². The molecule has 146 valence electrons. The molecule has 1 N–H and O–H groups in total. The Bertz CT molecular complexity index is 697. The number of carbonyl (C=O) groups excluding carboxylic acids is 1. The highest BCUT2D eigenvalue weighted by molar-refractivity contribution is 7.89. The van der Waals surface area contributed by atoms with Crippen LogP contribution in [0.25, 0.3) is 0 Å². The second kappa shape index (κ2) is 8.85. The highest BCUT2D eigenvalue weighted by Gasteiger charge is 2.30. The lowest BCUT2D eigenvalue weighted by Crippen LogP contribution is -2.37. The maximum atomic E-state index is 12.5. The Morgan fingerprint density at radius 2 is 1.65 bits per heavy atom. The van der Waals surface area contributed by atoms with E-state index in [0.29, 0.717) is 25.9 Å². The summed E-state index contributed by atoms with van der Waals surface area (Å²) in [5.74, 6) is -0.333. The van der Waals surface area contributed by atoms with Gasteiger partial charge in [0.05, 0.1) is 11.3 Å². The fourth-order valence-electron chi connectivity index (χ4n) is 2.81. The van der Waals surface area contributed by atoms with Gasteiger partial charge in [-0.2, -0.15) is 13.2 Å². The smallest absolute Gasteiger partial charge is 0.326 e. The highest BCUT2D eigenvalue weighted by Crippen LogP contribution is 2.29. The average Bonchev–Trinajstić information content (AvgIpc) is 2.59. The van der Waals surface area contributed by atoms with Gasteiger partial charge in [-0.25, -0.2) is 12.7 Å². The van der Waals surface area contributed by atoms with Gasteiger partial charge in [0.1, 0.15) is 0 Å². The van der Waals surface area contributed by atoms with E-state index >= 15 is 0 Å². The summed E-state index contributed by atoms with van der Waals surface area (Å²) >= 11 is 0. The van der Waals surface area contributed by atoms with Crippen molar-refractivity contribution in [3.8, 4) is 0 Å². The van der Waals surface area contributed by atoms with Crippen LogP contribution in [0.2, 0.25) is 0 Å². The number of unbranched alkanes of at least 4 members (excludes halogenated alkanes) is 1. The molecule has 0 aliphatic carbocycles. The fourth-order valence-corrected chi connectivity index (χ4v) is 4.45. The summed E-state index contributed by atoms with van der Waals surface area (Å²) in [7, 11) is -3.26. The van der Waals surface area contributed by atoms with Crippen LogP contribution in [0.1, 0.15) is 44.1 Å². The molecule has 1 aromatic carbocycles. The van der Waals surface area contributed by atoms with Crippen molar-refractivity contribution in [3.05, 3.63) is 29.8 Å². The van der Waals surface area contributed by atoms with Crippen LogP contribution in [0.5, 0.6) is 0 Å². The van der Waals surface area contributed by atoms with Gasteiger partial charge in [0, 0.05) is 25.2 Å². The van der Waals surface area contributed by atoms with Crippen molar-refractivity contribution in [1.82, 2.24) is 4.31 Å². The van der Waals surface area contributed by atoms with Gasteiger partial charge in [-0.1, -0.05) is 6.42 Å². The van der Waals surface area contributed by atoms with Crippen molar-refractivity contribution in [3.63, 3.8) is 0 Å². The van der Waals surface area contributed by atoms with Crippen LogP contribution >= 0.6 is 0 Å². The number of benzene rings is 1. The largest absolute Gasteiger partial charge is 0.416 e. The second-order valence-electron chi connectivity index (χ2n) is 6.36. The molecular weight excluding hydrogens is 369 g/mol. The molecule has 0 spiro atoms. The van der Waals surface area contributed by atoms with Crippen LogP contribution in [0.15, 0.2) is 24.3 Å². The Balaban J connectivity index is 1.72. The molecule has 9 heteroatoms. The van der Waals surface area contributed by atoms with Crippen LogP contribution in [-0.4, -0.2) is 37.5 Å². The number of nitrogens with zero attached hydrogens (tertiary/aromatic N) is 1. The number of alkyl halides is 3. The molecule has 1 aliphatic rings. The van der Waals surface area contributed by atoms with E-state index in [-0.39, 0.29) is 23.8 Å². The van der Waals surface area contributed by atoms with Crippen molar-refractivity contribution in [2.24, 2.45) is 0 Å². The van der Waals surface area contributed by atoms with Crippen molar-refractivity contribution >= 4 is 21.6 Å².